The van der Waals surface area contributed by atoms with E-state index in [-0.39, 0.29) is 11.9 Å². The minimum atomic E-state index is -0.0741. The molecule has 118 valence electrons. The minimum absolute atomic E-state index is 0.0741. The van der Waals surface area contributed by atoms with E-state index in [9.17, 15) is 4.79 Å². The highest BCUT2D eigenvalue weighted by molar-refractivity contribution is 5.79. The van der Waals surface area contributed by atoms with Gasteiger partial charge in [0.15, 0.2) is 5.82 Å². The molecule has 1 aliphatic heterocycles. The Morgan fingerprint density at radius 1 is 1.41 bits per heavy atom. The molecule has 0 radical (unpaired) electrons. The lowest BCUT2D eigenvalue weighted by atomic mass is 10.1. The second kappa shape index (κ2) is 6.72. The van der Waals surface area contributed by atoms with Gasteiger partial charge in [-0.05, 0) is 25.3 Å². The van der Waals surface area contributed by atoms with Crippen LogP contribution < -0.4 is 0 Å². The molecule has 7 nitrogen and oxygen atoms in total. The fourth-order valence-electron chi connectivity index (χ4n) is 2.95. The Bertz CT molecular complexity index is 607. The van der Waals surface area contributed by atoms with Gasteiger partial charge in [-0.1, -0.05) is 18.0 Å². The van der Waals surface area contributed by atoms with Crippen molar-refractivity contribution in [2.75, 3.05) is 6.54 Å². The molecule has 1 unspecified atom stereocenters. The van der Waals surface area contributed by atoms with Crippen molar-refractivity contribution < 1.29 is 9.32 Å². The number of carbonyl (C=O) groups excluding carboxylic acids is 1. The van der Waals surface area contributed by atoms with Crippen molar-refractivity contribution in [2.24, 2.45) is 0 Å². The third-order valence-electron chi connectivity index (χ3n) is 4.12. The van der Waals surface area contributed by atoms with Crippen molar-refractivity contribution in [3.63, 3.8) is 0 Å². The number of hydrogen-bond donors (Lipinski definition) is 0. The average Bonchev–Trinajstić information content (AvgIpc) is 3.14. The summed E-state index contributed by atoms with van der Waals surface area (Å²) < 4.78 is 6.70. The molecule has 3 heterocycles. The summed E-state index contributed by atoms with van der Waals surface area (Å²) in [6, 6.07) is -0.0741. The maximum absolute atomic E-state index is 12.7. The number of amides is 1. The van der Waals surface area contributed by atoms with Crippen LogP contribution in [0.4, 0.5) is 0 Å². The zero-order valence-electron chi connectivity index (χ0n) is 12.8. The van der Waals surface area contributed by atoms with Crippen molar-refractivity contribution in [1.29, 1.82) is 0 Å². The predicted molar refractivity (Wildman–Crippen MR) is 78.8 cm³/mol. The largest absolute Gasteiger partial charge is 0.343 e. The van der Waals surface area contributed by atoms with E-state index < -0.39 is 0 Å². The van der Waals surface area contributed by atoms with E-state index in [1.165, 1.54) is 6.39 Å². The van der Waals surface area contributed by atoms with Crippen molar-refractivity contribution in [3.8, 4) is 0 Å². The van der Waals surface area contributed by atoms with E-state index in [1.54, 1.807) is 6.20 Å². The molecule has 0 saturated carbocycles. The van der Waals surface area contributed by atoms with Crippen molar-refractivity contribution in [3.05, 3.63) is 30.2 Å². The fourth-order valence-corrected chi connectivity index (χ4v) is 2.95. The number of aromatic nitrogens is 4. The zero-order chi connectivity index (χ0) is 15.4. The summed E-state index contributed by atoms with van der Waals surface area (Å²) in [7, 11) is 0. The molecule has 2 aromatic heterocycles. The van der Waals surface area contributed by atoms with Gasteiger partial charge >= 0.3 is 0 Å². The van der Waals surface area contributed by atoms with Gasteiger partial charge < -0.3 is 9.42 Å². The molecular formula is C15H21N5O2. The SMILES string of the molecule is CCn1cc(CC(=O)N2CCCCCC2c2ncon2)cn1. The molecule has 1 amide bonds. The van der Waals surface area contributed by atoms with E-state index in [1.807, 2.05) is 22.7 Å². The van der Waals surface area contributed by atoms with Gasteiger partial charge in [0.05, 0.1) is 18.7 Å². The third-order valence-corrected chi connectivity index (χ3v) is 4.12. The molecular weight excluding hydrogens is 282 g/mol. The molecule has 1 saturated heterocycles. The molecule has 0 aliphatic carbocycles. The molecule has 0 bridgehead atoms. The van der Waals surface area contributed by atoms with Gasteiger partial charge in [0.2, 0.25) is 12.3 Å². The Hall–Kier alpha value is -2.18. The van der Waals surface area contributed by atoms with Gasteiger partial charge in [0.25, 0.3) is 0 Å². The second-order valence-corrected chi connectivity index (χ2v) is 5.62. The summed E-state index contributed by atoms with van der Waals surface area (Å²) in [5.41, 5.74) is 0.947. The van der Waals surface area contributed by atoms with Crippen LogP contribution in [0.3, 0.4) is 0 Å². The first kappa shape index (κ1) is 14.7. The number of likely N-dealkylation sites (tertiary alicyclic amines) is 1. The van der Waals surface area contributed by atoms with Gasteiger partial charge in [0.1, 0.15) is 0 Å². The van der Waals surface area contributed by atoms with Crippen molar-refractivity contribution in [1.82, 2.24) is 24.8 Å². The lowest BCUT2D eigenvalue weighted by Gasteiger charge is -2.27. The Balaban J connectivity index is 1.75. The normalized spacial score (nSPS) is 19.1. The van der Waals surface area contributed by atoms with Gasteiger partial charge in [-0.25, -0.2) is 0 Å². The van der Waals surface area contributed by atoms with Crippen LogP contribution in [0.1, 0.15) is 50.0 Å². The monoisotopic (exact) mass is 303 g/mol. The van der Waals surface area contributed by atoms with Crippen LogP contribution in [-0.4, -0.2) is 37.3 Å². The molecule has 7 heteroatoms. The lowest BCUT2D eigenvalue weighted by molar-refractivity contribution is -0.133. The van der Waals surface area contributed by atoms with Crippen LogP contribution in [0.2, 0.25) is 0 Å². The van der Waals surface area contributed by atoms with E-state index in [0.717, 1.165) is 44.3 Å². The molecule has 1 fully saturated rings. The van der Waals surface area contributed by atoms with Crippen LogP contribution in [0.15, 0.2) is 23.3 Å². The smallest absolute Gasteiger partial charge is 0.227 e. The number of nitrogens with zero attached hydrogens (tertiary/aromatic N) is 5. The fraction of sp³-hybridized carbons (Fsp3) is 0.600. The number of aryl methyl sites for hydroxylation is 1. The van der Waals surface area contributed by atoms with E-state index in [0.29, 0.717) is 12.2 Å². The summed E-state index contributed by atoms with van der Waals surface area (Å²) in [5, 5.41) is 8.17. The Morgan fingerprint density at radius 3 is 3.05 bits per heavy atom. The van der Waals surface area contributed by atoms with Gasteiger partial charge in [-0.2, -0.15) is 10.1 Å². The van der Waals surface area contributed by atoms with Crippen LogP contribution >= 0.6 is 0 Å². The van der Waals surface area contributed by atoms with Crippen molar-refractivity contribution >= 4 is 5.91 Å². The van der Waals surface area contributed by atoms with E-state index >= 15 is 0 Å². The Labute approximate surface area is 129 Å². The van der Waals surface area contributed by atoms with Gasteiger partial charge in [-0.15, -0.1) is 0 Å². The summed E-state index contributed by atoms with van der Waals surface area (Å²) in [5.74, 6) is 0.715. The van der Waals surface area contributed by atoms with Crippen molar-refractivity contribution in [2.45, 2.75) is 51.6 Å². The summed E-state index contributed by atoms with van der Waals surface area (Å²) in [6.07, 6.45) is 9.51. The van der Waals surface area contributed by atoms with Crippen LogP contribution in [0, 0.1) is 0 Å². The molecule has 0 spiro atoms. The second-order valence-electron chi connectivity index (χ2n) is 5.62. The first-order chi connectivity index (χ1) is 10.8. The first-order valence-electron chi connectivity index (χ1n) is 7.85. The van der Waals surface area contributed by atoms with Crippen LogP contribution in [-0.2, 0) is 17.8 Å². The maximum Gasteiger partial charge on any atom is 0.227 e. The number of carbonyl (C=O) groups is 1. The standard InChI is InChI=1S/C15H21N5O2/c1-2-19-10-12(9-17-19)8-14(21)20-7-5-3-4-6-13(20)15-16-11-22-18-15/h9-11,13H,2-8H2,1H3. The molecule has 0 N–H and O–H groups in total. The summed E-state index contributed by atoms with van der Waals surface area (Å²) in [4.78, 5) is 18.8. The Kier molecular flexibility index (Phi) is 4.50. The molecule has 0 aromatic carbocycles. The molecule has 1 atom stereocenters. The minimum Gasteiger partial charge on any atom is -0.343 e. The molecule has 22 heavy (non-hydrogen) atoms. The highest BCUT2D eigenvalue weighted by Crippen LogP contribution is 2.28. The summed E-state index contributed by atoms with van der Waals surface area (Å²) >= 11 is 0. The van der Waals surface area contributed by atoms with Gasteiger partial charge in [-0.3, -0.25) is 9.48 Å². The molecule has 3 rings (SSSR count). The van der Waals surface area contributed by atoms with Crippen LogP contribution in [0.25, 0.3) is 0 Å². The third kappa shape index (κ3) is 3.18. The Morgan fingerprint density at radius 2 is 2.32 bits per heavy atom. The highest BCUT2D eigenvalue weighted by Gasteiger charge is 2.29. The number of rotatable bonds is 4. The van der Waals surface area contributed by atoms with E-state index in [4.69, 9.17) is 4.52 Å². The lowest BCUT2D eigenvalue weighted by Crippen LogP contribution is -2.36. The van der Waals surface area contributed by atoms with E-state index in [2.05, 4.69) is 15.2 Å². The topological polar surface area (TPSA) is 77.0 Å². The molecule has 2 aromatic rings. The average molecular weight is 303 g/mol. The summed E-state index contributed by atoms with van der Waals surface area (Å²) in [6.45, 7) is 3.59. The molecule has 1 aliphatic rings. The number of hydrogen-bond acceptors (Lipinski definition) is 5. The maximum atomic E-state index is 12.7. The van der Waals surface area contributed by atoms with Gasteiger partial charge in [0, 0.05) is 19.3 Å². The zero-order valence-corrected chi connectivity index (χ0v) is 12.8. The quantitative estimate of drug-likeness (QED) is 0.863. The van der Waals surface area contributed by atoms with Crippen LogP contribution in [0.5, 0.6) is 0 Å². The first-order valence-corrected chi connectivity index (χ1v) is 7.85. The highest BCUT2D eigenvalue weighted by atomic mass is 16.5. The predicted octanol–water partition coefficient (Wildman–Crippen LogP) is 1.97.